The van der Waals surface area contributed by atoms with E-state index in [1.807, 2.05) is 27.7 Å². The van der Waals surface area contributed by atoms with Gasteiger partial charge in [-0.2, -0.15) is 0 Å². The molecule has 2 saturated heterocycles. The van der Waals surface area contributed by atoms with Crippen molar-refractivity contribution in [3.63, 3.8) is 0 Å². The van der Waals surface area contributed by atoms with Gasteiger partial charge in [0.1, 0.15) is 36.6 Å². The number of halogens is 1. The van der Waals surface area contributed by atoms with Crippen molar-refractivity contribution in [3.05, 3.63) is 0 Å². The molecule has 0 radical (unpaired) electrons. The summed E-state index contributed by atoms with van der Waals surface area (Å²) in [7, 11) is 0. The van der Waals surface area contributed by atoms with E-state index in [1.165, 1.54) is 0 Å². The van der Waals surface area contributed by atoms with Crippen LogP contribution in [0.4, 0.5) is 0 Å². The Labute approximate surface area is 346 Å². The van der Waals surface area contributed by atoms with Gasteiger partial charge in [0.05, 0.1) is 43.1 Å². The molecule has 0 bridgehead atoms. The minimum atomic E-state index is -1.80. The highest BCUT2D eigenvalue weighted by molar-refractivity contribution is 6.35. The molecule has 8 atom stereocenters. The molecule has 22 heteroatoms. The first-order valence-corrected chi connectivity index (χ1v) is 19.1. The van der Waals surface area contributed by atoms with E-state index in [4.69, 9.17) is 41.1 Å². The smallest absolute Gasteiger partial charge is 0.396 e. The third-order valence-electron chi connectivity index (χ3n) is 9.22. The number of aliphatic hydroxyl groups is 10. The molecule has 0 aliphatic carbocycles. The van der Waals surface area contributed by atoms with Gasteiger partial charge >= 0.3 is 23.7 Å². The summed E-state index contributed by atoms with van der Waals surface area (Å²) in [5, 5.41) is 105. The van der Waals surface area contributed by atoms with E-state index in [0.29, 0.717) is 12.8 Å². The number of hydrogen-bond donors (Lipinski definition) is 16. The van der Waals surface area contributed by atoms with Crippen molar-refractivity contribution in [2.75, 3.05) is 32.9 Å². The Hall–Kier alpha value is -2.35. The van der Waals surface area contributed by atoms with Crippen molar-refractivity contribution in [3.8, 4) is 0 Å². The fourth-order valence-electron chi connectivity index (χ4n) is 7.40. The zero-order valence-electron chi connectivity index (χ0n) is 35.2. The lowest BCUT2D eigenvalue weighted by Gasteiger charge is -2.46. The Bertz CT molecular complexity index is 1220. The molecule has 2 rings (SSSR count). The number of amides is 3. The van der Waals surface area contributed by atoms with E-state index in [-0.39, 0.29) is 59.8 Å². The Morgan fingerprint density at radius 2 is 1.03 bits per heavy atom. The van der Waals surface area contributed by atoms with Gasteiger partial charge in [-0.15, -0.1) is 0 Å². The van der Waals surface area contributed by atoms with Crippen LogP contribution in [0.2, 0.25) is 0 Å². The minimum Gasteiger partial charge on any atom is -1.00 e. The van der Waals surface area contributed by atoms with Crippen LogP contribution in [0.25, 0.3) is 0 Å². The number of aliphatic hydroxyl groups excluding tert-OH is 10. The van der Waals surface area contributed by atoms with Crippen LogP contribution >= 0.6 is 0 Å². The lowest BCUT2D eigenvalue weighted by molar-refractivity contribution is -0.788. The molecule has 8 unspecified atom stereocenters. The fourth-order valence-corrected chi connectivity index (χ4v) is 7.40. The monoisotopic (exact) mass is 864 g/mol. The molecule has 344 valence electrons. The summed E-state index contributed by atoms with van der Waals surface area (Å²) in [5.41, 5.74) is 4.70. The third-order valence-corrected chi connectivity index (χ3v) is 9.22. The Balaban J connectivity index is 0. The normalized spacial score (nSPS) is 22.4. The van der Waals surface area contributed by atoms with Crippen LogP contribution in [-0.4, -0.2) is 191 Å². The van der Waals surface area contributed by atoms with Crippen LogP contribution in [0.15, 0.2) is 0 Å². The van der Waals surface area contributed by atoms with Crippen LogP contribution < -0.4 is 44.7 Å². The van der Waals surface area contributed by atoms with Gasteiger partial charge in [0.25, 0.3) is 0 Å². The summed E-state index contributed by atoms with van der Waals surface area (Å²) in [4.78, 5) is 47.0. The molecule has 0 aromatic carbocycles. The van der Waals surface area contributed by atoms with Gasteiger partial charge in [0.15, 0.2) is 0 Å². The highest BCUT2D eigenvalue weighted by atomic mass is 35.5. The molecule has 0 spiro atoms. The molecular weight excluding hydrogens is 792 g/mol. The summed E-state index contributed by atoms with van der Waals surface area (Å²) in [5.74, 6) is -3.25. The molecule has 0 aromatic heterocycles. The van der Waals surface area contributed by atoms with Crippen LogP contribution in [0.5, 0.6) is 0 Å². The van der Waals surface area contributed by atoms with Gasteiger partial charge < -0.3 is 101 Å². The molecule has 2 aliphatic rings. The van der Waals surface area contributed by atoms with Crippen LogP contribution in [0.3, 0.4) is 0 Å². The zero-order valence-corrected chi connectivity index (χ0v) is 35.9. The Kier molecular flexibility index (Phi) is 25.3. The summed E-state index contributed by atoms with van der Waals surface area (Å²) in [6, 6.07) is -0.177. The van der Waals surface area contributed by atoms with Crippen molar-refractivity contribution >= 4 is 23.7 Å². The number of quaternary nitrogens is 1. The molecule has 2 heterocycles. The van der Waals surface area contributed by atoms with Crippen molar-refractivity contribution in [1.82, 2.24) is 21.3 Å². The maximum Gasteiger partial charge on any atom is 0.396 e. The zero-order chi connectivity index (χ0) is 44.7. The van der Waals surface area contributed by atoms with Gasteiger partial charge in [-0.05, 0) is 75.2 Å². The molecule has 2 aliphatic heterocycles. The number of nitrogens with two attached hydrogens (primary N) is 2. The molecule has 0 saturated carbocycles. The quantitative estimate of drug-likeness (QED) is 0.0569. The predicted molar refractivity (Wildman–Crippen MR) is 205 cm³/mol. The molecule has 21 nitrogen and oxygen atoms in total. The number of rotatable bonds is 14. The van der Waals surface area contributed by atoms with Crippen molar-refractivity contribution in [2.45, 2.75) is 171 Å². The average Bonchev–Trinajstić information content (AvgIpc) is 3.09. The van der Waals surface area contributed by atoms with Gasteiger partial charge in [0.2, 0.25) is 0 Å². The number of piperidine rings is 2. The van der Waals surface area contributed by atoms with Gasteiger partial charge in [-0.1, -0.05) is 0 Å². The molecule has 2 fully saturated rings. The largest absolute Gasteiger partial charge is 1.00 e. The van der Waals surface area contributed by atoms with Crippen LogP contribution in [-0.2, 0) is 23.9 Å². The first-order chi connectivity index (χ1) is 26.0. The van der Waals surface area contributed by atoms with Crippen molar-refractivity contribution in [2.24, 2.45) is 5.73 Å². The van der Waals surface area contributed by atoms with E-state index in [0.717, 1.165) is 12.8 Å². The second kappa shape index (κ2) is 25.4. The van der Waals surface area contributed by atoms with Crippen LogP contribution in [0.1, 0.15) is 88.0 Å². The Morgan fingerprint density at radius 1 is 0.655 bits per heavy atom. The lowest BCUT2D eigenvalue weighted by Crippen LogP contribution is -3.06. The van der Waals surface area contributed by atoms with E-state index < -0.39 is 92.3 Å². The number of carbonyl (C=O) groups excluding carboxylic acids is 4. The summed E-state index contributed by atoms with van der Waals surface area (Å²) in [6.45, 7) is 16.3. The van der Waals surface area contributed by atoms with E-state index >= 15 is 0 Å². The van der Waals surface area contributed by atoms with Crippen molar-refractivity contribution < 1.29 is 92.7 Å². The maximum atomic E-state index is 12.1. The van der Waals surface area contributed by atoms with E-state index in [1.54, 1.807) is 6.92 Å². The summed E-state index contributed by atoms with van der Waals surface area (Å²) in [6.07, 6.45) is -9.80. The molecule has 58 heavy (non-hydrogen) atoms. The van der Waals surface area contributed by atoms with E-state index in [2.05, 4.69) is 54.3 Å². The number of ether oxygens (including phenoxy) is 1. The second-order valence-electron chi connectivity index (χ2n) is 17.4. The standard InChI is InChI=1S/C17H33N3O7.C13H24N2O3.C6H15NO5.ClH/c1-16(2)5-9(6-17(3,4)20-16)19-15(27)14(26)18-7-10(22)12(24)13(25)11(23)8-21;1-6-18-11(17)10(16)14-9-7-12(2,3)15-13(4,5)8-9;7-1-3(9)5(11)6(12)4(10)2-8;/h9-13,20-25H,5-8H2,1-4H3,(H,18,26)(H,19,27);9,15H,6-8H2,1-5H3,(H,14,16);3-6,8-12H,1-2,7H2;1H. The van der Waals surface area contributed by atoms with Gasteiger partial charge in [-0.25, -0.2) is 4.79 Å². The van der Waals surface area contributed by atoms with Crippen molar-refractivity contribution in [1.29, 1.82) is 0 Å². The number of hydrogen-bond acceptors (Lipinski definition) is 17. The molecule has 18 N–H and O–H groups in total. The topological polar surface area (TPSA) is 371 Å². The summed E-state index contributed by atoms with van der Waals surface area (Å²) < 4.78 is 4.69. The number of esters is 1. The highest BCUT2D eigenvalue weighted by Gasteiger charge is 2.43. The maximum absolute atomic E-state index is 12.1. The Morgan fingerprint density at radius 3 is 1.43 bits per heavy atom. The lowest BCUT2D eigenvalue weighted by atomic mass is 9.79. The first kappa shape index (κ1) is 57.7. The second-order valence-corrected chi connectivity index (χ2v) is 17.4. The van der Waals surface area contributed by atoms with Gasteiger partial charge in [0, 0.05) is 49.1 Å². The number of carbonyl (C=O) groups is 4. The number of nitrogens with one attached hydrogen (secondary N) is 4. The summed E-state index contributed by atoms with van der Waals surface area (Å²) >= 11 is 0. The highest BCUT2D eigenvalue weighted by Crippen LogP contribution is 2.28. The van der Waals surface area contributed by atoms with Crippen LogP contribution in [0, 0.1) is 0 Å². The molecule has 0 aromatic rings. The third kappa shape index (κ3) is 21.3. The average molecular weight is 865 g/mol. The van der Waals surface area contributed by atoms with Gasteiger partial charge in [-0.3, -0.25) is 14.4 Å². The fraction of sp³-hybridized carbons (Fsp3) is 0.889. The predicted octanol–water partition coefficient (Wildman–Crippen LogP) is -9.70. The van der Waals surface area contributed by atoms with E-state index in [9.17, 15) is 39.6 Å². The minimum absolute atomic E-state index is 0. The first-order valence-electron chi connectivity index (χ1n) is 19.1. The SMILES string of the molecule is CC1(C)CC(NC(=O)C(=O)NCC(O)C(O)C(O)C(O)CO)CC(C)(C)N1.CCOC(=O)C(=O)NC1CC(C)(C)[NH2+]C(C)(C)C1.NCC(O)C(O)C(O)C(O)CO.[Cl-]. The molecular formula is C36H73ClN6O15. The molecule has 3 amide bonds.